The van der Waals surface area contributed by atoms with Crippen molar-refractivity contribution in [3.8, 4) is 0 Å². The summed E-state index contributed by atoms with van der Waals surface area (Å²) >= 11 is 0. The fraction of sp³-hybridized carbons (Fsp3) is 0.944. The topological polar surface area (TPSA) is 17.1 Å². The third-order valence-corrected chi connectivity index (χ3v) is 7.38. The summed E-state index contributed by atoms with van der Waals surface area (Å²) in [6.45, 7) is 0. The van der Waals surface area contributed by atoms with Gasteiger partial charge in [-0.25, -0.2) is 0 Å². The van der Waals surface area contributed by atoms with E-state index in [9.17, 15) is 4.79 Å². The zero-order chi connectivity index (χ0) is 12.8. The first kappa shape index (κ1) is 12.4. The van der Waals surface area contributed by atoms with Crippen molar-refractivity contribution in [2.45, 2.75) is 64.2 Å². The van der Waals surface area contributed by atoms with Crippen LogP contribution in [-0.4, -0.2) is 6.29 Å². The molecule has 4 rings (SSSR count). The Labute approximate surface area is 117 Å². The molecule has 4 saturated carbocycles. The van der Waals surface area contributed by atoms with E-state index in [0.717, 1.165) is 35.5 Å². The summed E-state index contributed by atoms with van der Waals surface area (Å²) in [7, 11) is 0. The van der Waals surface area contributed by atoms with E-state index in [2.05, 4.69) is 0 Å². The predicted octanol–water partition coefficient (Wildman–Crippen LogP) is 4.45. The van der Waals surface area contributed by atoms with Crippen molar-refractivity contribution in [3.63, 3.8) is 0 Å². The van der Waals surface area contributed by atoms with E-state index in [1.807, 2.05) is 0 Å². The van der Waals surface area contributed by atoms with E-state index in [1.54, 1.807) is 6.42 Å². The van der Waals surface area contributed by atoms with Gasteiger partial charge in [0.1, 0.15) is 6.29 Å². The molecule has 0 heterocycles. The minimum atomic E-state index is 0.403. The van der Waals surface area contributed by atoms with Crippen molar-refractivity contribution in [3.05, 3.63) is 0 Å². The number of hydrogen-bond acceptors (Lipinski definition) is 1. The first-order chi connectivity index (χ1) is 9.36. The molecule has 4 aliphatic carbocycles. The zero-order valence-corrected chi connectivity index (χ0v) is 12.1. The molecule has 0 saturated heterocycles. The number of rotatable bonds is 1. The summed E-state index contributed by atoms with van der Waals surface area (Å²) in [6.07, 6.45) is 15.6. The van der Waals surface area contributed by atoms with E-state index < -0.39 is 0 Å². The second-order valence-corrected chi connectivity index (χ2v) is 7.97. The lowest BCUT2D eigenvalue weighted by molar-refractivity contribution is -0.114. The van der Waals surface area contributed by atoms with Gasteiger partial charge >= 0.3 is 0 Å². The monoisotopic (exact) mass is 260 g/mol. The highest BCUT2D eigenvalue weighted by Gasteiger charge is 2.49. The molecule has 0 aliphatic heterocycles. The summed E-state index contributed by atoms with van der Waals surface area (Å²) in [4.78, 5) is 11.1. The molecule has 0 radical (unpaired) electrons. The number of carbonyl (C=O) groups excluding carboxylic acids is 1. The van der Waals surface area contributed by atoms with Crippen LogP contribution in [0, 0.1) is 41.4 Å². The van der Waals surface area contributed by atoms with Crippen LogP contribution in [0.25, 0.3) is 0 Å². The van der Waals surface area contributed by atoms with E-state index in [1.165, 1.54) is 64.1 Å². The maximum atomic E-state index is 11.1. The molecule has 0 aromatic rings. The minimum absolute atomic E-state index is 0.403. The molecule has 0 bridgehead atoms. The maximum Gasteiger partial charge on any atom is 0.123 e. The Morgan fingerprint density at radius 2 is 1.32 bits per heavy atom. The van der Waals surface area contributed by atoms with Crippen LogP contribution in [0.1, 0.15) is 64.2 Å². The Balaban J connectivity index is 1.51. The minimum Gasteiger partial charge on any atom is -0.303 e. The van der Waals surface area contributed by atoms with Crippen molar-refractivity contribution >= 4 is 6.29 Å². The van der Waals surface area contributed by atoms with Gasteiger partial charge in [0, 0.05) is 5.92 Å². The molecular weight excluding hydrogens is 232 g/mol. The van der Waals surface area contributed by atoms with Gasteiger partial charge in [0.15, 0.2) is 0 Å². The van der Waals surface area contributed by atoms with Crippen molar-refractivity contribution in [2.75, 3.05) is 0 Å². The molecule has 7 atom stereocenters. The molecule has 0 spiro atoms. The van der Waals surface area contributed by atoms with Crippen LogP contribution in [0.3, 0.4) is 0 Å². The maximum absolute atomic E-state index is 11.1. The predicted molar refractivity (Wildman–Crippen MR) is 76.7 cm³/mol. The summed E-state index contributed by atoms with van der Waals surface area (Å²) in [5.41, 5.74) is 0. The second-order valence-electron chi connectivity index (χ2n) is 7.97. The largest absolute Gasteiger partial charge is 0.303 e. The van der Waals surface area contributed by atoms with Gasteiger partial charge < -0.3 is 4.79 Å². The lowest BCUT2D eigenvalue weighted by atomic mass is 9.53. The number of aldehydes is 1. The number of hydrogen-bond donors (Lipinski definition) is 0. The molecule has 4 aliphatic rings. The fourth-order valence-corrected chi connectivity index (χ4v) is 6.63. The van der Waals surface area contributed by atoms with Crippen LogP contribution < -0.4 is 0 Å². The van der Waals surface area contributed by atoms with Crippen LogP contribution >= 0.6 is 0 Å². The second kappa shape index (κ2) is 4.90. The summed E-state index contributed by atoms with van der Waals surface area (Å²) in [5.74, 6) is 6.63. The van der Waals surface area contributed by atoms with Crippen molar-refractivity contribution in [1.82, 2.24) is 0 Å². The Bertz CT molecular complexity index is 350. The van der Waals surface area contributed by atoms with Gasteiger partial charge in [0.05, 0.1) is 0 Å². The normalized spacial score (nSPS) is 52.9. The molecular formula is C18H28O. The third kappa shape index (κ3) is 1.99. The van der Waals surface area contributed by atoms with Gasteiger partial charge in [0.25, 0.3) is 0 Å². The molecule has 1 nitrogen and oxygen atoms in total. The molecule has 1 heteroatoms. The molecule has 0 amide bonds. The summed E-state index contributed by atoms with van der Waals surface area (Å²) in [5, 5.41) is 0. The highest BCUT2D eigenvalue weighted by Crippen LogP contribution is 2.58. The molecule has 0 N–H and O–H groups in total. The van der Waals surface area contributed by atoms with Crippen LogP contribution in [0.15, 0.2) is 0 Å². The fourth-order valence-electron chi connectivity index (χ4n) is 6.63. The Morgan fingerprint density at radius 1 is 0.632 bits per heavy atom. The van der Waals surface area contributed by atoms with Gasteiger partial charge in [-0.1, -0.05) is 12.8 Å². The van der Waals surface area contributed by atoms with Crippen LogP contribution in [0.4, 0.5) is 0 Å². The van der Waals surface area contributed by atoms with E-state index in [-0.39, 0.29) is 0 Å². The molecule has 106 valence electrons. The smallest absolute Gasteiger partial charge is 0.123 e. The summed E-state index contributed by atoms with van der Waals surface area (Å²) < 4.78 is 0. The van der Waals surface area contributed by atoms with Crippen molar-refractivity contribution in [1.29, 1.82) is 0 Å². The highest BCUT2D eigenvalue weighted by atomic mass is 16.1. The Morgan fingerprint density at radius 3 is 2.11 bits per heavy atom. The molecule has 4 fully saturated rings. The first-order valence-electron chi connectivity index (χ1n) is 8.82. The van der Waals surface area contributed by atoms with E-state index in [4.69, 9.17) is 0 Å². The molecule has 5 unspecified atom stereocenters. The standard InChI is InChI=1S/C18H28O/c19-11-12-4-7-16-14(10-12)6-9-17-15-3-1-2-13(15)5-8-18(16)17/h11-18H,1-10H2/t12?,13?,14?,15?,16?,17-,18+/m1/s1. The average molecular weight is 260 g/mol. The summed E-state index contributed by atoms with van der Waals surface area (Å²) in [6, 6.07) is 0. The first-order valence-corrected chi connectivity index (χ1v) is 8.82. The van der Waals surface area contributed by atoms with Gasteiger partial charge in [0.2, 0.25) is 0 Å². The molecule has 0 aromatic heterocycles. The van der Waals surface area contributed by atoms with Gasteiger partial charge in [-0.05, 0) is 86.9 Å². The van der Waals surface area contributed by atoms with Gasteiger partial charge in [-0.15, -0.1) is 0 Å². The van der Waals surface area contributed by atoms with Crippen molar-refractivity contribution < 1.29 is 4.79 Å². The highest BCUT2D eigenvalue weighted by molar-refractivity contribution is 5.53. The lowest BCUT2D eigenvalue weighted by Crippen LogP contribution is -2.44. The van der Waals surface area contributed by atoms with Crippen LogP contribution in [0.2, 0.25) is 0 Å². The van der Waals surface area contributed by atoms with E-state index in [0.29, 0.717) is 5.92 Å². The number of carbonyl (C=O) groups is 1. The average Bonchev–Trinajstić information content (AvgIpc) is 2.94. The lowest BCUT2D eigenvalue weighted by Gasteiger charge is -2.52. The molecule has 19 heavy (non-hydrogen) atoms. The van der Waals surface area contributed by atoms with Crippen molar-refractivity contribution in [2.24, 2.45) is 41.4 Å². The quantitative estimate of drug-likeness (QED) is 0.636. The number of fused-ring (bicyclic) bond motifs is 5. The van der Waals surface area contributed by atoms with Gasteiger partial charge in [-0.3, -0.25) is 0 Å². The van der Waals surface area contributed by atoms with Gasteiger partial charge in [-0.2, -0.15) is 0 Å². The Hall–Kier alpha value is -0.330. The Kier molecular flexibility index (Phi) is 3.20. The van der Waals surface area contributed by atoms with E-state index >= 15 is 0 Å². The van der Waals surface area contributed by atoms with Crippen LogP contribution in [0.5, 0.6) is 0 Å². The third-order valence-electron chi connectivity index (χ3n) is 7.38. The molecule has 0 aromatic carbocycles. The van der Waals surface area contributed by atoms with Crippen LogP contribution in [-0.2, 0) is 4.79 Å². The SMILES string of the molecule is O=CC1CCC2C(CC[C@@H]3C4CCCC4CC[C@@H]23)C1. The zero-order valence-electron chi connectivity index (χ0n) is 12.1.